The quantitative estimate of drug-likeness (QED) is 0.804. The third kappa shape index (κ3) is 1.96. The van der Waals surface area contributed by atoms with E-state index in [-0.39, 0.29) is 11.9 Å². The van der Waals surface area contributed by atoms with Gasteiger partial charge >= 0.3 is 0 Å². The van der Waals surface area contributed by atoms with Crippen molar-refractivity contribution in [3.05, 3.63) is 22.4 Å². The standard InChI is InChI=1S/C10H14N2OS/c11-9-4-6-12(10(9)13)5-3-8-2-1-7-14-8/h1-2,7,9H,3-6,11H2. The molecular formula is C10H14N2OS. The van der Waals surface area contributed by atoms with Gasteiger partial charge in [0.2, 0.25) is 5.91 Å². The van der Waals surface area contributed by atoms with Crippen molar-refractivity contribution in [3.63, 3.8) is 0 Å². The molecule has 1 unspecified atom stereocenters. The summed E-state index contributed by atoms with van der Waals surface area (Å²) in [4.78, 5) is 14.7. The number of amides is 1. The molecule has 2 N–H and O–H groups in total. The zero-order chi connectivity index (χ0) is 9.97. The van der Waals surface area contributed by atoms with Crippen molar-refractivity contribution in [1.29, 1.82) is 0 Å². The Labute approximate surface area is 87.5 Å². The van der Waals surface area contributed by atoms with Crippen LogP contribution >= 0.6 is 11.3 Å². The summed E-state index contributed by atoms with van der Waals surface area (Å²) >= 11 is 1.74. The largest absolute Gasteiger partial charge is 0.341 e. The van der Waals surface area contributed by atoms with Gasteiger partial charge in [-0.2, -0.15) is 0 Å². The van der Waals surface area contributed by atoms with Crippen molar-refractivity contribution in [1.82, 2.24) is 4.90 Å². The highest BCUT2D eigenvalue weighted by molar-refractivity contribution is 7.09. The van der Waals surface area contributed by atoms with E-state index in [0.29, 0.717) is 0 Å². The molecule has 2 heterocycles. The molecule has 1 aliphatic heterocycles. The lowest BCUT2D eigenvalue weighted by atomic mass is 10.3. The lowest BCUT2D eigenvalue weighted by Crippen LogP contribution is -2.35. The molecule has 0 bridgehead atoms. The number of rotatable bonds is 3. The molecule has 0 spiro atoms. The minimum atomic E-state index is -0.252. The normalized spacial score (nSPS) is 21.9. The van der Waals surface area contributed by atoms with Crippen LogP contribution in [0, 0.1) is 0 Å². The summed E-state index contributed by atoms with van der Waals surface area (Å²) in [6.45, 7) is 1.64. The molecule has 1 atom stereocenters. The Hall–Kier alpha value is -0.870. The second kappa shape index (κ2) is 4.11. The van der Waals surface area contributed by atoms with Crippen LogP contribution in [0.15, 0.2) is 17.5 Å². The Balaban J connectivity index is 1.84. The first-order valence-electron chi connectivity index (χ1n) is 4.84. The van der Waals surface area contributed by atoms with Crippen LogP contribution in [0.5, 0.6) is 0 Å². The monoisotopic (exact) mass is 210 g/mol. The molecular weight excluding hydrogens is 196 g/mol. The SMILES string of the molecule is NC1CCN(CCc2cccs2)C1=O. The highest BCUT2D eigenvalue weighted by Crippen LogP contribution is 2.13. The molecule has 0 aromatic carbocycles. The van der Waals surface area contributed by atoms with E-state index in [2.05, 4.69) is 11.4 Å². The third-order valence-corrected chi connectivity index (χ3v) is 3.48. The fourth-order valence-corrected chi connectivity index (χ4v) is 2.38. The fourth-order valence-electron chi connectivity index (χ4n) is 1.69. The Morgan fingerprint density at radius 1 is 1.64 bits per heavy atom. The molecule has 4 heteroatoms. The van der Waals surface area contributed by atoms with Gasteiger partial charge in [-0.1, -0.05) is 6.07 Å². The summed E-state index contributed by atoms with van der Waals surface area (Å²) in [6.07, 6.45) is 1.76. The molecule has 1 saturated heterocycles. The Kier molecular flexibility index (Phi) is 2.84. The molecule has 14 heavy (non-hydrogen) atoms. The van der Waals surface area contributed by atoms with Crippen molar-refractivity contribution in [3.8, 4) is 0 Å². The first-order chi connectivity index (χ1) is 6.77. The smallest absolute Gasteiger partial charge is 0.239 e. The number of nitrogens with zero attached hydrogens (tertiary/aromatic N) is 1. The molecule has 1 aromatic heterocycles. The van der Waals surface area contributed by atoms with Gasteiger partial charge < -0.3 is 10.6 Å². The zero-order valence-electron chi connectivity index (χ0n) is 7.98. The van der Waals surface area contributed by atoms with Gasteiger partial charge in [0.05, 0.1) is 6.04 Å². The maximum absolute atomic E-state index is 11.5. The maximum atomic E-state index is 11.5. The molecule has 0 saturated carbocycles. The summed E-state index contributed by atoms with van der Waals surface area (Å²) in [7, 11) is 0. The number of likely N-dealkylation sites (tertiary alicyclic amines) is 1. The van der Waals surface area contributed by atoms with E-state index in [4.69, 9.17) is 5.73 Å². The fraction of sp³-hybridized carbons (Fsp3) is 0.500. The molecule has 76 valence electrons. The van der Waals surface area contributed by atoms with Gasteiger partial charge in [0, 0.05) is 18.0 Å². The van der Waals surface area contributed by atoms with Crippen LogP contribution in [0.2, 0.25) is 0 Å². The number of carbonyl (C=O) groups is 1. The minimum absolute atomic E-state index is 0.113. The Bertz CT molecular complexity index is 310. The van der Waals surface area contributed by atoms with Crippen LogP contribution in [0.25, 0.3) is 0 Å². The van der Waals surface area contributed by atoms with Crippen LogP contribution in [0.4, 0.5) is 0 Å². The highest BCUT2D eigenvalue weighted by atomic mass is 32.1. The first-order valence-corrected chi connectivity index (χ1v) is 5.72. The second-order valence-electron chi connectivity index (χ2n) is 3.55. The third-order valence-electron chi connectivity index (χ3n) is 2.55. The summed E-state index contributed by atoms with van der Waals surface area (Å²) in [5.41, 5.74) is 5.63. The topological polar surface area (TPSA) is 46.3 Å². The summed E-state index contributed by atoms with van der Waals surface area (Å²) in [5, 5.41) is 2.06. The molecule has 1 amide bonds. The van der Waals surface area contributed by atoms with Crippen molar-refractivity contribution >= 4 is 17.2 Å². The van der Waals surface area contributed by atoms with Crippen LogP contribution < -0.4 is 5.73 Å². The predicted octanol–water partition coefficient (Wildman–Crippen LogP) is 0.850. The van der Waals surface area contributed by atoms with Crippen LogP contribution in [0.1, 0.15) is 11.3 Å². The van der Waals surface area contributed by atoms with Gasteiger partial charge in [0.15, 0.2) is 0 Å². The summed E-state index contributed by atoms with van der Waals surface area (Å²) in [5.74, 6) is 0.113. The second-order valence-corrected chi connectivity index (χ2v) is 4.58. The van der Waals surface area contributed by atoms with E-state index >= 15 is 0 Å². The maximum Gasteiger partial charge on any atom is 0.239 e. The number of hydrogen-bond donors (Lipinski definition) is 1. The molecule has 1 aliphatic rings. The van der Waals surface area contributed by atoms with E-state index in [9.17, 15) is 4.79 Å². The number of hydrogen-bond acceptors (Lipinski definition) is 3. The summed E-state index contributed by atoms with van der Waals surface area (Å²) < 4.78 is 0. The zero-order valence-corrected chi connectivity index (χ0v) is 8.80. The predicted molar refractivity (Wildman–Crippen MR) is 57.2 cm³/mol. The highest BCUT2D eigenvalue weighted by Gasteiger charge is 2.27. The van der Waals surface area contributed by atoms with Crippen LogP contribution in [0.3, 0.4) is 0 Å². The average molecular weight is 210 g/mol. The van der Waals surface area contributed by atoms with E-state index in [0.717, 1.165) is 25.9 Å². The van der Waals surface area contributed by atoms with Gasteiger partial charge in [-0.25, -0.2) is 0 Å². The lowest BCUT2D eigenvalue weighted by Gasteiger charge is -2.14. The van der Waals surface area contributed by atoms with Gasteiger partial charge in [0.1, 0.15) is 0 Å². The molecule has 1 fully saturated rings. The average Bonchev–Trinajstić information content (AvgIpc) is 2.77. The van der Waals surface area contributed by atoms with Gasteiger partial charge in [0.25, 0.3) is 0 Å². The van der Waals surface area contributed by atoms with E-state index in [1.165, 1.54) is 4.88 Å². The number of nitrogens with two attached hydrogens (primary N) is 1. The van der Waals surface area contributed by atoms with Crippen molar-refractivity contribution in [2.45, 2.75) is 18.9 Å². The van der Waals surface area contributed by atoms with Crippen molar-refractivity contribution in [2.75, 3.05) is 13.1 Å². The summed E-state index contributed by atoms with van der Waals surface area (Å²) in [6, 6.07) is 3.89. The lowest BCUT2D eigenvalue weighted by molar-refractivity contribution is -0.128. The van der Waals surface area contributed by atoms with E-state index < -0.39 is 0 Å². The van der Waals surface area contributed by atoms with Crippen molar-refractivity contribution in [2.24, 2.45) is 5.73 Å². The van der Waals surface area contributed by atoms with Crippen molar-refractivity contribution < 1.29 is 4.79 Å². The van der Waals surface area contributed by atoms with Gasteiger partial charge in [-0.3, -0.25) is 4.79 Å². The number of thiophene rings is 1. The molecule has 0 aliphatic carbocycles. The Morgan fingerprint density at radius 3 is 3.07 bits per heavy atom. The van der Waals surface area contributed by atoms with Crippen LogP contribution in [-0.4, -0.2) is 29.9 Å². The number of carbonyl (C=O) groups excluding carboxylic acids is 1. The first kappa shape index (κ1) is 9.68. The van der Waals surface area contributed by atoms with E-state index in [1.54, 1.807) is 11.3 Å². The molecule has 2 rings (SSSR count). The van der Waals surface area contributed by atoms with Gasteiger partial charge in [-0.15, -0.1) is 11.3 Å². The van der Waals surface area contributed by atoms with E-state index in [1.807, 2.05) is 11.0 Å². The molecule has 3 nitrogen and oxygen atoms in total. The van der Waals surface area contributed by atoms with Crippen LogP contribution in [-0.2, 0) is 11.2 Å². The minimum Gasteiger partial charge on any atom is -0.341 e. The molecule has 0 radical (unpaired) electrons. The molecule has 1 aromatic rings. The van der Waals surface area contributed by atoms with Gasteiger partial charge in [-0.05, 0) is 24.3 Å². The Morgan fingerprint density at radius 2 is 2.50 bits per heavy atom.